The third kappa shape index (κ3) is 3.40. The fourth-order valence-electron chi connectivity index (χ4n) is 2.08. The van der Waals surface area contributed by atoms with E-state index < -0.39 is 10.0 Å². The minimum Gasteiger partial charge on any atom is -0.495 e. The minimum absolute atomic E-state index is 0.199. The number of aromatic nitrogens is 2. The van der Waals surface area contributed by atoms with E-state index >= 15 is 0 Å². The minimum atomic E-state index is -3.70. The Morgan fingerprint density at radius 3 is 2.67 bits per heavy atom. The molecule has 0 spiro atoms. The van der Waals surface area contributed by atoms with Gasteiger partial charge in [0.25, 0.3) is 10.0 Å². The van der Waals surface area contributed by atoms with Gasteiger partial charge in [-0.15, -0.1) is 11.3 Å². The average molecular weight is 384 g/mol. The Morgan fingerprint density at radius 1 is 1.25 bits per heavy atom. The van der Waals surface area contributed by atoms with Crippen molar-refractivity contribution >= 4 is 38.6 Å². The number of ether oxygens (including phenoxy) is 1. The fraction of sp³-hybridized carbons (Fsp3) is 0.133. The SMILES string of the molecule is COc1ccc(NS(=O)(=O)c2ccc(-c3cc(C)[nH]n3)s2)cc1Cl. The number of rotatable bonds is 5. The molecule has 3 aromatic rings. The van der Waals surface area contributed by atoms with Crippen molar-refractivity contribution in [3.8, 4) is 16.3 Å². The Morgan fingerprint density at radius 2 is 2.04 bits per heavy atom. The smallest absolute Gasteiger partial charge is 0.271 e. The molecular weight excluding hydrogens is 370 g/mol. The first-order chi connectivity index (χ1) is 11.4. The Hall–Kier alpha value is -2.03. The van der Waals surface area contributed by atoms with Crippen LogP contribution in [-0.4, -0.2) is 25.7 Å². The second-order valence-corrected chi connectivity index (χ2v) is 8.41. The highest BCUT2D eigenvalue weighted by molar-refractivity contribution is 7.94. The Labute approximate surface area is 148 Å². The first kappa shape index (κ1) is 16.8. The van der Waals surface area contributed by atoms with E-state index in [-0.39, 0.29) is 4.21 Å². The van der Waals surface area contributed by atoms with Gasteiger partial charge < -0.3 is 4.74 Å². The van der Waals surface area contributed by atoms with Crippen LogP contribution in [0.3, 0.4) is 0 Å². The predicted octanol–water partition coefficient (Wildman–Crippen LogP) is 3.91. The van der Waals surface area contributed by atoms with Crippen molar-refractivity contribution in [1.29, 1.82) is 0 Å². The van der Waals surface area contributed by atoms with Crippen molar-refractivity contribution < 1.29 is 13.2 Å². The van der Waals surface area contributed by atoms with Gasteiger partial charge in [0.05, 0.1) is 22.7 Å². The topological polar surface area (TPSA) is 84.1 Å². The largest absolute Gasteiger partial charge is 0.495 e. The molecule has 2 aromatic heterocycles. The summed E-state index contributed by atoms with van der Waals surface area (Å²) in [4.78, 5) is 0.771. The van der Waals surface area contributed by atoms with E-state index in [0.29, 0.717) is 22.2 Å². The standard InChI is InChI=1S/C15H14ClN3O3S2/c1-9-7-12(18-17-9)14-5-6-15(23-14)24(20,21)19-10-3-4-13(22-2)11(16)8-10/h3-8,19H,1-2H3,(H,17,18). The number of sulfonamides is 1. The Kier molecular flexibility index (Phi) is 4.53. The number of thiophene rings is 1. The third-order valence-electron chi connectivity index (χ3n) is 3.21. The van der Waals surface area contributed by atoms with Crippen LogP contribution >= 0.6 is 22.9 Å². The summed E-state index contributed by atoms with van der Waals surface area (Å²) in [7, 11) is -2.20. The first-order valence-corrected chi connectivity index (χ1v) is 9.55. The lowest BCUT2D eigenvalue weighted by molar-refractivity contribution is 0.415. The summed E-state index contributed by atoms with van der Waals surface area (Å²) in [6.07, 6.45) is 0. The number of aromatic amines is 1. The molecular formula is C15H14ClN3O3S2. The maximum Gasteiger partial charge on any atom is 0.271 e. The highest BCUT2D eigenvalue weighted by Gasteiger charge is 2.19. The van der Waals surface area contributed by atoms with Crippen LogP contribution in [-0.2, 0) is 10.0 Å². The molecule has 1 aromatic carbocycles. The van der Waals surface area contributed by atoms with E-state index in [1.807, 2.05) is 13.0 Å². The number of H-pyrrole nitrogens is 1. The van der Waals surface area contributed by atoms with Gasteiger partial charge in [0.15, 0.2) is 0 Å². The number of nitrogens with one attached hydrogen (secondary N) is 2. The van der Waals surface area contributed by atoms with Gasteiger partial charge in [-0.1, -0.05) is 11.6 Å². The van der Waals surface area contributed by atoms with Crippen LogP contribution in [0.25, 0.3) is 10.6 Å². The van der Waals surface area contributed by atoms with Crippen molar-refractivity contribution in [3.05, 3.63) is 47.1 Å². The summed E-state index contributed by atoms with van der Waals surface area (Å²) in [6, 6.07) is 9.84. The number of hydrogen-bond donors (Lipinski definition) is 2. The van der Waals surface area contributed by atoms with Crippen LogP contribution in [0.1, 0.15) is 5.69 Å². The van der Waals surface area contributed by atoms with Gasteiger partial charge in [-0.25, -0.2) is 8.42 Å². The summed E-state index contributed by atoms with van der Waals surface area (Å²) in [5.74, 6) is 0.479. The first-order valence-electron chi connectivity index (χ1n) is 6.87. The number of anilines is 1. The van der Waals surface area contributed by atoms with Crippen molar-refractivity contribution in [1.82, 2.24) is 10.2 Å². The third-order valence-corrected chi connectivity index (χ3v) is 6.48. The quantitative estimate of drug-likeness (QED) is 0.699. The van der Waals surface area contributed by atoms with Crippen LogP contribution < -0.4 is 9.46 Å². The van der Waals surface area contributed by atoms with Crippen molar-refractivity contribution in [3.63, 3.8) is 0 Å². The number of nitrogens with zero attached hydrogens (tertiary/aromatic N) is 1. The zero-order valence-corrected chi connectivity index (χ0v) is 15.2. The van der Waals surface area contributed by atoms with Crippen LogP contribution in [0.4, 0.5) is 5.69 Å². The molecule has 6 nitrogen and oxygen atoms in total. The average Bonchev–Trinajstić information content (AvgIpc) is 3.16. The number of aryl methyl sites for hydroxylation is 1. The molecule has 9 heteroatoms. The van der Waals surface area contributed by atoms with Crippen LogP contribution in [0.2, 0.25) is 5.02 Å². The molecule has 0 radical (unpaired) electrons. The number of halogens is 1. The summed E-state index contributed by atoms with van der Waals surface area (Å²) >= 11 is 7.17. The highest BCUT2D eigenvalue weighted by atomic mass is 35.5. The molecule has 0 saturated carbocycles. The molecule has 2 N–H and O–H groups in total. The number of methoxy groups -OCH3 is 1. The molecule has 2 heterocycles. The molecule has 3 rings (SSSR count). The summed E-state index contributed by atoms with van der Waals surface area (Å²) in [5.41, 5.74) is 1.99. The summed E-state index contributed by atoms with van der Waals surface area (Å²) in [5, 5.41) is 7.30. The molecule has 0 aliphatic carbocycles. The maximum atomic E-state index is 12.5. The van der Waals surface area contributed by atoms with Gasteiger partial charge in [-0.3, -0.25) is 9.82 Å². The lowest BCUT2D eigenvalue weighted by atomic mass is 10.3. The van der Waals surface area contributed by atoms with Gasteiger partial charge in [-0.05, 0) is 43.3 Å². The monoisotopic (exact) mass is 383 g/mol. The van der Waals surface area contributed by atoms with E-state index in [4.69, 9.17) is 16.3 Å². The fourth-order valence-corrected chi connectivity index (χ4v) is 4.66. The maximum absolute atomic E-state index is 12.5. The van der Waals surface area contributed by atoms with Crippen LogP contribution in [0, 0.1) is 6.92 Å². The van der Waals surface area contributed by atoms with Crippen molar-refractivity contribution in [2.75, 3.05) is 11.8 Å². The molecule has 0 aliphatic heterocycles. The van der Waals surface area contributed by atoms with E-state index in [9.17, 15) is 8.42 Å². The van der Waals surface area contributed by atoms with Gasteiger partial charge >= 0.3 is 0 Å². The molecule has 0 amide bonds. The Balaban J connectivity index is 1.86. The van der Waals surface area contributed by atoms with Gasteiger partial charge in [0.2, 0.25) is 0 Å². The van der Waals surface area contributed by atoms with Gasteiger partial charge in [-0.2, -0.15) is 5.10 Å². The number of hydrogen-bond acceptors (Lipinski definition) is 5. The van der Waals surface area contributed by atoms with Crippen molar-refractivity contribution in [2.45, 2.75) is 11.1 Å². The molecule has 0 atom stereocenters. The van der Waals surface area contributed by atoms with E-state index in [1.54, 1.807) is 24.3 Å². The van der Waals surface area contributed by atoms with E-state index in [2.05, 4.69) is 14.9 Å². The van der Waals surface area contributed by atoms with Crippen molar-refractivity contribution in [2.24, 2.45) is 0 Å². The predicted molar refractivity (Wildman–Crippen MR) is 95.5 cm³/mol. The normalized spacial score (nSPS) is 11.5. The highest BCUT2D eigenvalue weighted by Crippen LogP contribution is 2.32. The number of benzene rings is 1. The molecule has 0 aliphatic rings. The summed E-state index contributed by atoms with van der Waals surface area (Å²) < 4.78 is 32.8. The molecule has 0 unspecified atom stereocenters. The molecule has 0 fully saturated rings. The van der Waals surface area contributed by atoms with Crippen LogP contribution in [0.5, 0.6) is 5.75 Å². The Bertz CT molecular complexity index is 980. The zero-order chi connectivity index (χ0) is 17.3. The van der Waals surface area contributed by atoms with E-state index in [0.717, 1.165) is 21.9 Å². The molecule has 126 valence electrons. The van der Waals surface area contributed by atoms with E-state index in [1.165, 1.54) is 13.2 Å². The van der Waals surface area contributed by atoms with Gasteiger partial charge in [0, 0.05) is 5.69 Å². The second-order valence-electron chi connectivity index (χ2n) is 5.01. The molecule has 0 bridgehead atoms. The van der Waals surface area contributed by atoms with Gasteiger partial charge in [0.1, 0.15) is 15.7 Å². The molecule has 24 heavy (non-hydrogen) atoms. The lowest BCUT2D eigenvalue weighted by Gasteiger charge is -2.08. The van der Waals surface area contributed by atoms with Crippen LogP contribution in [0.15, 0.2) is 40.6 Å². The zero-order valence-electron chi connectivity index (χ0n) is 12.8. The summed E-state index contributed by atoms with van der Waals surface area (Å²) in [6.45, 7) is 1.89. The lowest BCUT2D eigenvalue weighted by Crippen LogP contribution is -2.11. The second kappa shape index (κ2) is 6.46. The molecule has 0 saturated heterocycles.